The van der Waals surface area contributed by atoms with Crippen LogP contribution in [0.3, 0.4) is 0 Å². The fourth-order valence-corrected chi connectivity index (χ4v) is 2.56. The second-order valence-electron chi connectivity index (χ2n) is 4.09. The molecule has 98 valence electrons. The van der Waals surface area contributed by atoms with Crippen molar-refractivity contribution in [2.45, 2.75) is 6.42 Å². The predicted molar refractivity (Wildman–Crippen MR) is 72.4 cm³/mol. The number of nitrogens with zero attached hydrogens (tertiary/aromatic N) is 2. The predicted octanol–water partition coefficient (Wildman–Crippen LogP) is 1.53. The lowest BCUT2D eigenvalue weighted by Crippen LogP contribution is -2.30. The number of benzene rings is 1. The molecule has 6 heteroatoms. The first kappa shape index (κ1) is 13.4. The number of anilines is 1. The molecule has 1 aliphatic rings. The molecule has 0 spiro atoms. The number of carbonyl (C=O) groups excluding carboxylic acids is 1. The van der Waals surface area contributed by atoms with Crippen LogP contribution in [0.2, 0.25) is 0 Å². The van der Waals surface area contributed by atoms with Gasteiger partial charge in [-0.3, -0.25) is 4.79 Å². The van der Waals surface area contributed by atoms with E-state index in [9.17, 15) is 9.59 Å². The van der Waals surface area contributed by atoms with E-state index in [1.807, 2.05) is 6.07 Å². The summed E-state index contributed by atoms with van der Waals surface area (Å²) in [6.07, 6.45) is 0.740. The molecule has 0 fully saturated rings. The largest absolute Gasteiger partial charge is 0.478 e. The number of thioether (sulfide) groups is 1. The SMILES string of the molecule is N#CCSCC(=O)N1CCc2ccc(C(=O)O)cc21. The molecule has 0 unspecified atom stereocenters. The summed E-state index contributed by atoms with van der Waals surface area (Å²) < 4.78 is 0. The number of hydrogen-bond acceptors (Lipinski definition) is 4. The Morgan fingerprint density at radius 2 is 2.26 bits per heavy atom. The molecule has 0 aliphatic carbocycles. The summed E-state index contributed by atoms with van der Waals surface area (Å²) in [6.45, 7) is 0.574. The molecule has 1 amide bonds. The van der Waals surface area contributed by atoms with Gasteiger partial charge < -0.3 is 10.0 Å². The molecule has 0 atom stereocenters. The van der Waals surface area contributed by atoms with E-state index < -0.39 is 5.97 Å². The van der Waals surface area contributed by atoms with Crippen LogP contribution in [0.5, 0.6) is 0 Å². The van der Waals surface area contributed by atoms with Crippen LogP contribution >= 0.6 is 11.8 Å². The summed E-state index contributed by atoms with van der Waals surface area (Å²) >= 11 is 1.26. The van der Waals surface area contributed by atoms with Crippen LogP contribution in [0.4, 0.5) is 5.69 Å². The fraction of sp³-hybridized carbons (Fsp3) is 0.308. The van der Waals surface area contributed by atoms with Crippen molar-refractivity contribution < 1.29 is 14.7 Å². The third-order valence-corrected chi connectivity index (χ3v) is 3.71. The van der Waals surface area contributed by atoms with Gasteiger partial charge >= 0.3 is 5.97 Å². The molecule has 2 rings (SSSR count). The molecule has 0 saturated carbocycles. The Morgan fingerprint density at radius 1 is 1.47 bits per heavy atom. The van der Waals surface area contributed by atoms with Gasteiger partial charge in [-0.1, -0.05) is 6.07 Å². The summed E-state index contributed by atoms with van der Waals surface area (Å²) in [5.74, 6) is -0.561. The highest BCUT2D eigenvalue weighted by atomic mass is 32.2. The third kappa shape index (κ3) is 2.88. The second-order valence-corrected chi connectivity index (χ2v) is 5.08. The minimum atomic E-state index is -0.999. The first-order valence-electron chi connectivity index (χ1n) is 5.74. The Labute approximate surface area is 114 Å². The molecule has 1 aromatic carbocycles. The summed E-state index contributed by atoms with van der Waals surface area (Å²) in [6, 6.07) is 6.82. The van der Waals surface area contributed by atoms with Gasteiger partial charge in [0.25, 0.3) is 0 Å². The first-order chi connectivity index (χ1) is 9.13. The van der Waals surface area contributed by atoms with Crippen LogP contribution in [-0.4, -0.2) is 35.0 Å². The maximum absolute atomic E-state index is 12.0. The Balaban J connectivity index is 2.16. The van der Waals surface area contributed by atoms with Crippen molar-refractivity contribution in [2.75, 3.05) is 23.0 Å². The topological polar surface area (TPSA) is 81.4 Å². The van der Waals surface area contributed by atoms with Crippen LogP contribution < -0.4 is 4.90 Å². The summed E-state index contributed by atoms with van der Waals surface area (Å²) in [5.41, 5.74) is 1.86. The van der Waals surface area contributed by atoms with Crippen molar-refractivity contribution >= 4 is 29.3 Å². The number of rotatable bonds is 4. The Bertz CT molecular complexity index is 565. The van der Waals surface area contributed by atoms with Gasteiger partial charge in [0.1, 0.15) is 0 Å². The van der Waals surface area contributed by atoms with E-state index in [1.54, 1.807) is 17.0 Å². The second kappa shape index (κ2) is 5.76. The normalized spacial score (nSPS) is 12.9. The minimum absolute atomic E-state index is 0.0819. The average Bonchev–Trinajstić information content (AvgIpc) is 2.81. The highest BCUT2D eigenvalue weighted by molar-refractivity contribution is 8.00. The molecule has 0 bridgehead atoms. The molecule has 1 aromatic rings. The molecule has 1 N–H and O–H groups in total. The molecule has 0 aromatic heterocycles. The fourth-order valence-electron chi connectivity index (χ4n) is 2.03. The summed E-state index contributed by atoms with van der Waals surface area (Å²) in [7, 11) is 0. The Morgan fingerprint density at radius 3 is 2.95 bits per heavy atom. The Kier molecular flexibility index (Phi) is 4.07. The van der Waals surface area contributed by atoms with Crippen LogP contribution in [0, 0.1) is 11.3 Å². The number of carbonyl (C=O) groups is 2. The number of fused-ring (bicyclic) bond motifs is 1. The average molecular weight is 276 g/mol. The molecular weight excluding hydrogens is 264 g/mol. The number of hydrogen-bond donors (Lipinski definition) is 1. The van der Waals surface area contributed by atoms with Gasteiger partial charge in [0, 0.05) is 12.2 Å². The third-order valence-electron chi connectivity index (χ3n) is 2.92. The van der Waals surface area contributed by atoms with E-state index in [0.29, 0.717) is 12.2 Å². The van der Waals surface area contributed by atoms with Gasteiger partial charge in [-0.2, -0.15) is 5.26 Å². The standard InChI is InChI=1S/C13H12N2O3S/c14-4-6-19-8-12(16)15-5-3-9-1-2-10(13(17)18)7-11(9)15/h1-2,7H,3,5-6,8H2,(H,17,18). The van der Waals surface area contributed by atoms with Crippen molar-refractivity contribution in [1.82, 2.24) is 0 Å². The van der Waals surface area contributed by atoms with Crippen LogP contribution in [0.25, 0.3) is 0 Å². The summed E-state index contributed by atoms with van der Waals surface area (Å²) in [5, 5.41) is 17.4. The van der Waals surface area contributed by atoms with E-state index in [4.69, 9.17) is 10.4 Å². The number of carboxylic acid groups (broad SMARTS) is 1. The lowest BCUT2D eigenvalue weighted by Gasteiger charge is -2.17. The van der Waals surface area contributed by atoms with Gasteiger partial charge in [0.05, 0.1) is 23.1 Å². The van der Waals surface area contributed by atoms with E-state index >= 15 is 0 Å². The Hall–Kier alpha value is -2.00. The molecule has 1 aliphatic heterocycles. The molecule has 5 nitrogen and oxygen atoms in total. The number of carboxylic acids is 1. The lowest BCUT2D eigenvalue weighted by molar-refractivity contribution is -0.116. The monoisotopic (exact) mass is 276 g/mol. The maximum atomic E-state index is 12.0. The number of amides is 1. The maximum Gasteiger partial charge on any atom is 0.335 e. The minimum Gasteiger partial charge on any atom is -0.478 e. The highest BCUT2D eigenvalue weighted by Crippen LogP contribution is 2.29. The van der Waals surface area contributed by atoms with Crippen LogP contribution in [0.15, 0.2) is 18.2 Å². The van der Waals surface area contributed by atoms with Gasteiger partial charge in [-0.15, -0.1) is 11.8 Å². The van der Waals surface area contributed by atoms with Crippen LogP contribution in [0.1, 0.15) is 15.9 Å². The summed E-state index contributed by atoms with van der Waals surface area (Å²) in [4.78, 5) is 24.6. The molecule has 0 saturated heterocycles. The smallest absolute Gasteiger partial charge is 0.335 e. The zero-order chi connectivity index (χ0) is 13.8. The number of aromatic carboxylic acids is 1. The quantitative estimate of drug-likeness (QED) is 0.843. The van der Waals surface area contributed by atoms with Crippen molar-refractivity contribution in [3.8, 4) is 6.07 Å². The van der Waals surface area contributed by atoms with E-state index in [-0.39, 0.29) is 23.0 Å². The van der Waals surface area contributed by atoms with Crippen molar-refractivity contribution in [1.29, 1.82) is 5.26 Å². The van der Waals surface area contributed by atoms with Gasteiger partial charge in [-0.05, 0) is 24.1 Å². The number of nitriles is 1. The molecule has 19 heavy (non-hydrogen) atoms. The first-order valence-corrected chi connectivity index (χ1v) is 6.90. The zero-order valence-electron chi connectivity index (χ0n) is 10.1. The van der Waals surface area contributed by atoms with E-state index in [0.717, 1.165) is 12.0 Å². The van der Waals surface area contributed by atoms with E-state index in [1.165, 1.54) is 17.8 Å². The molecule has 0 radical (unpaired) electrons. The molecule has 1 heterocycles. The lowest BCUT2D eigenvalue weighted by atomic mass is 10.1. The zero-order valence-corrected chi connectivity index (χ0v) is 10.9. The van der Waals surface area contributed by atoms with Crippen molar-refractivity contribution in [2.24, 2.45) is 0 Å². The molecular formula is C13H12N2O3S. The van der Waals surface area contributed by atoms with Crippen molar-refractivity contribution in [3.05, 3.63) is 29.3 Å². The van der Waals surface area contributed by atoms with Crippen molar-refractivity contribution in [3.63, 3.8) is 0 Å². The van der Waals surface area contributed by atoms with Gasteiger partial charge in [-0.25, -0.2) is 4.79 Å². The van der Waals surface area contributed by atoms with Gasteiger partial charge in [0.15, 0.2) is 0 Å². The van der Waals surface area contributed by atoms with E-state index in [2.05, 4.69) is 0 Å². The highest BCUT2D eigenvalue weighted by Gasteiger charge is 2.25. The van der Waals surface area contributed by atoms with Gasteiger partial charge in [0.2, 0.25) is 5.91 Å². The van der Waals surface area contributed by atoms with Crippen LogP contribution in [-0.2, 0) is 11.2 Å².